The third-order valence-electron chi connectivity index (χ3n) is 6.03. The predicted octanol–water partition coefficient (Wildman–Crippen LogP) is 5.63. The Hall–Kier alpha value is -2.80. The van der Waals surface area contributed by atoms with Crippen LogP contribution in [-0.2, 0) is 6.18 Å². The maximum absolute atomic E-state index is 13.2. The molecule has 168 valence electrons. The highest BCUT2D eigenvalue weighted by Gasteiger charge is 2.34. The fraction of sp³-hybridized carbons (Fsp3) is 0.333. The van der Waals surface area contributed by atoms with Crippen LogP contribution < -0.4 is 10.8 Å². The molecule has 2 N–H and O–H groups in total. The van der Waals surface area contributed by atoms with Crippen LogP contribution in [0.2, 0.25) is 5.02 Å². The molecule has 1 aromatic heterocycles. The Labute approximate surface area is 188 Å². The Balaban J connectivity index is 1.59. The van der Waals surface area contributed by atoms with Crippen LogP contribution in [0.5, 0.6) is 0 Å². The lowest BCUT2D eigenvalue weighted by molar-refractivity contribution is -0.213. The third-order valence-corrected chi connectivity index (χ3v) is 6.27. The zero-order valence-electron chi connectivity index (χ0n) is 17.4. The molecule has 3 aromatic rings. The highest BCUT2D eigenvalue weighted by atomic mass is 35.5. The first-order chi connectivity index (χ1) is 15.1. The van der Waals surface area contributed by atoms with E-state index in [1.54, 1.807) is 36.4 Å². The molecular formula is C24H22ClF3N3O-. The highest BCUT2D eigenvalue weighted by molar-refractivity contribution is 6.30. The quantitative estimate of drug-likeness (QED) is 0.406. The van der Waals surface area contributed by atoms with Crippen molar-refractivity contribution in [2.75, 3.05) is 5.73 Å². The van der Waals surface area contributed by atoms with Gasteiger partial charge in [0.15, 0.2) is 0 Å². The maximum Gasteiger partial charge on any atom is 0.433 e. The van der Waals surface area contributed by atoms with Crippen molar-refractivity contribution in [3.8, 4) is 0 Å². The zero-order valence-corrected chi connectivity index (χ0v) is 18.2. The molecule has 4 nitrogen and oxygen atoms in total. The van der Waals surface area contributed by atoms with Crippen molar-refractivity contribution in [2.24, 2.45) is 4.99 Å². The summed E-state index contributed by atoms with van der Waals surface area (Å²) in [7, 11) is 0. The fourth-order valence-electron chi connectivity index (χ4n) is 4.52. The van der Waals surface area contributed by atoms with Gasteiger partial charge in [-0.1, -0.05) is 29.8 Å². The van der Waals surface area contributed by atoms with Gasteiger partial charge in [0, 0.05) is 22.1 Å². The van der Waals surface area contributed by atoms with Gasteiger partial charge in [-0.2, -0.15) is 13.2 Å². The first kappa shape index (κ1) is 22.4. The summed E-state index contributed by atoms with van der Waals surface area (Å²) in [4.78, 5) is 8.18. The number of aliphatic imine (C=N–C) groups is 1. The molecule has 0 aliphatic heterocycles. The van der Waals surface area contributed by atoms with Crippen molar-refractivity contribution >= 4 is 34.1 Å². The Kier molecular flexibility index (Phi) is 6.03. The van der Waals surface area contributed by atoms with Crippen LogP contribution in [0.3, 0.4) is 0 Å². The number of hydrogen-bond acceptors (Lipinski definition) is 4. The maximum atomic E-state index is 13.2. The number of alkyl halides is 3. The van der Waals surface area contributed by atoms with Crippen LogP contribution in [0, 0.1) is 6.92 Å². The number of benzene rings is 2. The van der Waals surface area contributed by atoms with Gasteiger partial charge in [0.1, 0.15) is 5.69 Å². The van der Waals surface area contributed by atoms with Crippen LogP contribution in [0.15, 0.2) is 47.5 Å². The number of rotatable bonds is 3. The molecule has 2 aromatic carbocycles. The molecule has 0 radical (unpaired) electrons. The van der Waals surface area contributed by atoms with Crippen molar-refractivity contribution in [2.45, 2.75) is 50.7 Å². The lowest BCUT2D eigenvalue weighted by Gasteiger charge is -2.30. The van der Waals surface area contributed by atoms with Crippen molar-refractivity contribution < 1.29 is 18.3 Å². The molecule has 1 heterocycles. The van der Waals surface area contributed by atoms with Crippen molar-refractivity contribution in [3.05, 3.63) is 69.9 Å². The first-order valence-electron chi connectivity index (χ1n) is 10.4. The summed E-state index contributed by atoms with van der Waals surface area (Å²) in [6.45, 7) is 1.94. The predicted molar refractivity (Wildman–Crippen MR) is 119 cm³/mol. The van der Waals surface area contributed by atoms with E-state index < -0.39 is 11.9 Å². The molecule has 4 rings (SSSR count). The van der Waals surface area contributed by atoms with Gasteiger partial charge in [0.25, 0.3) is 0 Å². The van der Waals surface area contributed by atoms with E-state index >= 15 is 0 Å². The number of aromatic nitrogens is 1. The van der Waals surface area contributed by atoms with Crippen LogP contribution in [0.25, 0.3) is 10.9 Å². The topological polar surface area (TPSA) is 74.3 Å². The molecule has 0 saturated heterocycles. The van der Waals surface area contributed by atoms with Crippen molar-refractivity contribution in [1.82, 2.24) is 4.98 Å². The summed E-state index contributed by atoms with van der Waals surface area (Å²) >= 11 is 5.96. The summed E-state index contributed by atoms with van der Waals surface area (Å²) in [5, 5.41) is 13.5. The summed E-state index contributed by atoms with van der Waals surface area (Å²) < 4.78 is 39.5. The van der Waals surface area contributed by atoms with Crippen LogP contribution in [0.1, 0.15) is 54.0 Å². The lowest BCUT2D eigenvalue weighted by Crippen LogP contribution is -2.25. The normalized spacial score (nSPS) is 20.0. The van der Waals surface area contributed by atoms with E-state index in [0.29, 0.717) is 28.8 Å². The average Bonchev–Trinajstić information content (AvgIpc) is 2.74. The smallest absolute Gasteiger partial charge is 0.433 e. The Morgan fingerprint density at radius 2 is 1.84 bits per heavy atom. The lowest BCUT2D eigenvalue weighted by atomic mass is 9.78. The van der Waals surface area contributed by atoms with E-state index in [0.717, 1.165) is 30.0 Å². The molecule has 1 aliphatic carbocycles. The van der Waals surface area contributed by atoms with Gasteiger partial charge in [-0.25, -0.2) is 4.98 Å². The number of nitrogens with two attached hydrogens (primary N) is 1. The second kappa shape index (κ2) is 8.62. The molecule has 0 amide bonds. The van der Waals surface area contributed by atoms with Gasteiger partial charge in [0.2, 0.25) is 0 Å². The Morgan fingerprint density at radius 1 is 1.12 bits per heavy atom. The number of fused-ring (bicyclic) bond motifs is 1. The van der Waals surface area contributed by atoms with E-state index in [1.165, 1.54) is 0 Å². The van der Waals surface area contributed by atoms with Gasteiger partial charge in [-0.15, -0.1) is 0 Å². The van der Waals surface area contributed by atoms with Crippen LogP contribution in [-0.4, -0.2) is 16.9 Å². The van der Waals surface area contributed by atoms with E-state index in [1.807, 2.05) is 6.92 Å². The molecule has 8 heteroatoms. The van der Waals surface area contributed by atoms with Crippen LogP contribution in [0.4, 0.5) is 18.9 Å². The van der Waals surface area contributed by atoms with Crippen molar-refractivity contribution in [3.63, 3.8) is 0 Å². The molecule has 1 aliphatic rings. The summed E-state index contributed by atoms with van der Waals surface area (Å²) in [5.41, 5.74) is 7.82. The van der Waals surface area contributed by atoms with E-state index in [4.69, 9.17) is 17.3 Å². The highest BCUT2D eigenvalue weighted by Crippen LogP contribution is 2.42. The Bertz CT molecular complexity index is 1190. The summed E-state index contributed by atoms with van der Waals surface area (Å²) in [6.07, 6.45) is -1.61. The van der Waals surface area contributed by atoms with E-state index in [-0.39, 0.29) is 29.1 Å². The standard InChI is InChI=1S/C24H23ClF3N3O/c1-13-5-10-19-22(18(29)12-20(31-19)24(26,27)28)21(13)14-6-8-17(9-7-14)30-23(32)15-3-2-4-16(25)11-15/h2-5,10-12,14,17H,6-9H2,1H3,(H2,29,31)(H,30,32)/p-1. The summed E-state index contributed by atoms with van der Waals surface area (Å²) in [5.74, 6) is -0.169. The minimum absolute atomic E-state index is 0.0870. The number of halogens is 4. The molecule has 0 spiro atoms. The molecular weight excluding hydrogens is 439 g/mol. The molecule has 0 bridgehead atoms. The van der Waals surface area contributed by atoms with Gasteiger partial charge in [-0.3, -0.25) is 4.99 Å². The Morgan fingerprint density at radius 3 is 2.50 bits per heavy atom. The molecule has 0 unspecified atom stereocenters. The van der Waals surface area contributed by atoms with E-state index in [9.17, 15) is 18.3 Å². The second-order valence-corrected chi connectivity index (χ2v) is 8.67. The monoisotopic (exact) mass is 460 g/mol. The largest absolute Gasteiger partial charge is 0.858 e. The number of anilines is 1. The van der Waals surface area contributed by atoms with Crippen LogP contribution >= 0.6 is 11.6 Å². The molecule has 1 saturated carbocycles. The second-order valence-electron chi connectivity index (χ2n) is 8.23. The first-order valence-corrected chi connectivity index (χ1v) is 10.8. The fourth-order valence-corrected chi connectivity index (χ4v) is 4.71. The minimum atomic E-state index is -4.55. The van der Waals surface area contributed by atoms with Crippen molar-refractivity contribution in [1.29, 1.82) is 0 Å². The SMILES string of the molecule is Cc1ccc2nc(C(F)(F)F)cc(N)c2c1C1CCC(N=C([O-])c2cccc(Cl)c2)CC1. The number of aryl methyl sites for hydroxylation is 1. The minimum Gasteiger partial charge on any atom is -0.858 e. The van der Waals surface area contributed by atoms with Gasteiger partial charge in [-0.05, 0) is 85.4 Å². The van der Waals surface area contributed by atoms with Gasteiger partial charge >= 0.3 is 6.18 Å². The zero-order chi connectivity index (χ0) is 23.0. The number of pyridine rings is 1. The average molecular weight is 461 g/mol. The molecule has 1 fully saturated rings. The van der Waals surface area contributed by atoms with Gasteiger partial charge in [0.05, 0.1) is 5.52 Å². The third kappa shape index (κ3) is 4.53. The summed E-state index contributed by atoms with van der Waals surface area (Å²) in [6, 6.07) is 10.9. The van der Waals surface area contributed by atoms with E-state index in [2.05, 4.69) is 9.98 Å². The number of hydrogen-bond donors (Lipinski definition) is 1. The number of nitrogen functional groups attached to an aromatic ring is 1. The number of nitrogens with zero attached hydrogens (tertiary/aromatic N) is 2. The molecule has 32 heavy (non-hydrogen) atoms. The van der Waals surface area contributed by atoms with Gasteiger partial charge < -0.3 is 10.8 Å². The molecule has 0 atom stereocenters.